The fourth-order valence-electron chi connectivity index (χ4n) is 2.76. The third kappa shape index (κ3) is 2.71. The molecule has 3 N–H and O–H groups in total. The largest absolute Gasteiger partial charge is 0.320 e. The molecule has 8 heteroatoms. The van der Waals surface area contributed by atoms with Crippen molar-refractivity contribution >= 4 is 28.0 Å². The minimum atomic E-state index is -3.53. The van der Waals surface area contributed by atoms with Crippen LogP contribution in [0.15, 0.2) is 42.5 Å². The Morgan fingerprint density at radius 1 is 1.00 bits per heavy atom. The molecule has 0 unspecified atom stereocenters. The summed E-state index contributed by atoms with van der Waals surface area (Å²) < 4.78 is 52.0. The highest BCUT2D eigenvalue weighted by atomic mass is 32.3. The second kappa shape index (κ2) is 6.56. The molecule has 1 heterocycles. The first-order chi connectivity index (χ1) is 11.5. The van der Waals surface area contributed by atoms with E-state index in [9.17, 15) is 17.9 Å². The molecule has 0 aliphatic carbocycles. The Labute approximate surface area is 141 Å². The molecule has 0 spiro atoms. The van der Waals surface area contributed by atoms with Gasteiger partial charge in [0, 0.05) is 6.54 Å². The van der Waals surface area contributed by atoms with Gasteiger partial charge in [-0.2, -0.15) is 0 Å². The van der Waals surface area contributed by atoms with Gasteiger partial charge in [0.15, 0.2) is 11.6 Å². The van der Waals surface area contributed by atoms with E-state index < -0.39 is 22.6 Å². The molecule has 3 rings (SSSR count). The van der Waals surface area contributed by atoms with Crippen molar-refractivity contribution in [3.05, 3.63) is 54.1 Å². The summed E-state index contributed by atoms with van der Waals surface area (Å²) in [6.07, 6.45) is 0.667. The van der Waals surface area contributed by atoms with E-state index in [4.69, 9.17) is 0 Å². The van der Waals surface area contributed by atoms with E-state index in [0.29, 0.717) is 30.9 Å². The number of fused-ring (bicyclic) bond motifs is 1. The van der Waals surface area contributed by atoms with Gasteiger partial charge in [-0.3, -0.25) is 13.4 Å². The minimum Gasteiger partial charge on any atom is -0.320 e. The predicted molar refractivity (Wildman–Crippen MR) is 93.7 cm³/mol. The lowest BCUT2D eigenvalue weighted by Gasteiger charge is -2.43. The standard InChI is InChI=1S/C16H19F2N3O2S/c1-19-10-5-11-20-13-7-2-3-8-14(13)21(24(20,22)23)15-9-4-6-12(17)16(15)18/h2-4,6-9,19,22-23H,5,10-11H2,1H3. The lowest BCUT2D eigenvalue weighted by atomic mass is 10.2. The second-order valence-corrected chi connectivity index (χ2v) is 7.19. The van der Waals surface area contributed by atoms with Crippen molar-refractivity contribution in [2.24, 2.45) is 0 Å². The number of hydrogen-bond donors (Lipinski definition) is 3. The van der Waals surface area contributed by atoms with Crippen LogP contribution in [0, 0.1) is 11.6 Å². The van der Waals surface area contributed by atoms with Crippen LogP contribution >= 0.6 is 11.0 Å². The van der Waals surface area contributed by atoms with E-state index in [-0.39, 0.29) is 5.69 Å². The van der Waals surface area contributed by atoms with Crippen molar-refractivity contribution in [1.29, 1.82) is 0 Å². The van der Waals surface area contributed by atoms with Crippen LogP contribution < -0.4 is 13.9 Å². The van der Waals surface area contributed by atoms with Gasteiger partial charge >= 0.3 is 0 Å². The van der Waals surface area contributed by atoms with E-state index in [1.54, 1.807) is 24.3 Å². The van der Waals surface area contributed by atoms with Crippen LogP contribution in [0.1, 0.15) is 6.42 Å². The number of benzene rings is 2. The average molecular weight is 355 g/mol. The molecule has 24 heavy (non-hydrogen) atoms. The van der Waals surface area contributed by atoms with Gasteiger partial charge in [0.25, 0.3) is 0 Å². The van der Waals surface area contributed by atoms with Crippen LogP contribution in [-0.4, -0.2) is 29.2 Å². The Kier molecular flexibility index (Phi) is 4.64. The molecule has 0 radical (unpaired) electrons. The second-order valence-electron chi connectivity index (χ2n) is 5.41. The molecule has 130 valence electrons. The number of hydrogen-bond acceptors (Lipinski definition) is 5. The molecule has 5 nitrogen and oxygen atoms in total. The molecule has 0 aromatic heterocycles. The maximum absolute atomic E-state index is 14.3. The van der Waals surface area contributed by atoms with E-state index in [2.05, 4.69) is 5.32 Å². The van der Waals surface area contributed by atoms with E-state index >= 15 is 0 Å². The topological polar surface area (TPSA) is 59.0 Å². The van der Waals surface area contributed by atoms with Gasteiger partial charge in [-0.15, -0.1) is 0 Å². The van der Waals surface area contributed by atoms with Crippen molar-refractivity contribution in [3.63, 3.8) is 0 Å². The van der Waals surface area contributed by atoms with Crippen molar-refractivity contribution in [1.82, 2.24) is 5.32 Å². The highest BCUT2D eigenvalue weighted by molar-refractivity contribution is 8.27. The van der Waals surface area contributed by atoms with E-state index in [1.165, 1.54) is 16.4 Å². The summed E-state index contributed by atoms with van der Waals surface area (Å²) in [5.41, 5.74) is 0.822. The van der Waals surface area contributed by atoms with Gasteiger partial charge in [0.2, 0.25) is 0 Å². The summed E-state index contributed by atoms with van der Waals surface area (Å²) in [7, 11) is -1.72. The molecular formula is C16H19F2N3O2S. The Morgan fingerprint density at radius 2 is 1.67 bits per heavy atom. The van der Waals surface area contributed by atoms with Gasteiger partial charge in [0.1, 0.15) is 5.69 Å². The molecule has 2 aromatic rings. The maximum atomic E-state index is 14.3. The number of nitrogens with zero attached hydrogens (tertiary/aromatic N) is 2. The van der Waals surface area contributed by atoms with Crippen molar-refractivity contribution in [3.8, 4) is 0 Å². The quantitative estimate of drug-likeness (QED) is 0.705. The van der Waals surface area contributed by atoms with Crippen LogP contribution in [0.5, 0.6) is 0 Å². The van der Waals surface area contributed by atoms with Gasteiger partial charge in [-0.25, -0.2) is 13.1 Å². The molecule has 0 bridgehead atoms. The van der Waals surface area contributed by atoms with Gasteiger partial charge in [-0.1, -0.05) is 18.2 Å². The van der Waals surface area contributed by atoms with Crippen LogP contribution in [0.2, 0.25) is 0 Å². The fraction of sp³-hybridized carbons (Fsp3) is 0.250. The Balaban J connectivity index is 2.08. The zero-order valence-corrected chi connectivity index (χ0v) is 13.9. The Bertz CT molecular complexity index is 745. The smallest absolute Gasteiger partial charge is 0.184 e. The first-order valence-electron chi connectivity index (χ1n) is 7.52. The fourth-order valence-corrected chi connectivity index (χ4v) is 4.58. The third-order valence-corrected chi connectivity index (χ3v) is 5.70. The first kappa shape index (κ1) is 17.0. The summed E-state index contributed by atoms with van der Waals surface area (Å²) in [5.74, 6) is -2.14. The maximum Gasteiger partial charge on any atom is 0.184 e. The molecular weight excluding hydrogens is 336 g/mol. The van der Waals surface area contributed by atoms with Crippen LogP contribution in [0.4, 0.5) is 25.8 Å². The van der Waals surface area contributed by atoms with Crippen molar-refractivity contribution in [2.45, 2.75) is 6.42 Å². The molecule has 1 aliphatic rings. The van der Waals surface area contributed by atoms with Gasteiger partial charge in [-0.05, 0) is 55.2 Å². The minimum absolute atomic E-state index is 0.196. The third-order valence-electron chi connectivity index (χ3n) is 3.85. The molecule has 1 aliphatic heterocycles. The zero-order valence-electron chi connectivity index (χ0n) is 13.1. The molecule has 0 fully saturated rings. The molecule has 2 aromatic carbocycles. The summed E-state index contributed by atoms with van der Waals surface area (Å²) in [6.45, 7) is 1.07. The molecule has 0 amide bonds. The SMILES string of the molecule is CNCCCN1c2ccccc2N(c2cccc(F)c2F)S1(O)O. The summed E-state index contributed by atoms with van der Waals surface area (Å²) >= 11 is 0. The van der Waals surface area contributed by atoms with Crippen LogP contribution in [0.25, 0.3) is 0 Å². The van der Waals surface area contributed by atoms with E-state index in [0.717, 1.165) is 10.4 Å². The highest BCUT2D eigenvalue weighted by Crippen LogP contribution is 2.64. The normalized spacial score (nSPS) is 17.0. The van der Waals surface area contributed by atoms with Gasteiger partial charge in [0.05, 0.1) is 11.4 Å². The number of rotatable bonds is 5. The highest BCUT2D eigenvalue weighted by Gasteiger charge is 2.42. The van der Waals surface area contributed by atoms with Crippen LogP contribution in [0.3, 0.4) is 0 Å². The van der Waals surface area contributed by atoms with Gasteiger partial charge < -0.3 is 5.32 Å². The predicted octanol–water partition coefficient (Wildman–Crippen LogP) is 4.11. The number of halogens is 2. The Morgan fingerprint density at radius 3 is 2.38 bits per heavy atom. The lowest BCUT2D eigenvalue weighted by molar-refractivity contribution is 0.479. The Hall–Kier alpha value is -1.87. The van der Waals surface area contributed by atoms with Crippen molar-refractivity contribution in [2.75, 3.05) is 28.7 Å². The first-order valence-corrected chi connectivity index (χ1v) is 8.98. The molecule has 0 saturated heterocycles. The lowest BCUT2D eigenvalue weighted by Crippen LogP contribution is -2.33. The molecule has 0 saturated carbocycles. The number of para-hydroxylation sites is 2. The zero-order chi connectivity index (χ0) is 17.3. The number of anilines is 3. The summed E-state index contributed by atoms with van der Waals surface area (Å²) in [5, 5.41) is 3.00. The van der Waals surface area contributed by atoms with Crippen molar-refractivity contribution < 1.29 is 17.9 Å². The van der Waals surface area contributed by atoms with Crippen LogP contribution in [-0.2, 0) is 0 Å². The monoisotopic (exact) mass is 355 g/mol. The summed E-state index contributed by atoms with van der Waals surface area (Å²) in [4.78, 5) is 0. The average Bonchev–Trinajstić information content (AvgIpc) is 2.78. The summed E-state index contributed by atoms with van der Waals surface area (Å²) in [6, 6.07) is 10.6. The van der Waals surface area contributed by atoms with E-state index in [1.807, 2.05) is 7.05 Å². The number of nitrogens with one attached hydrogen (secondary N) is 1. The molecule has 0 atom stereocenters.